The number of hydrogen-bond donors (Lipinski definition) is 1. The monoisotopic (exact) mass is 517 g/mol. The minimum absolute atomic E-state index is 0.0904. The third kappa shape index (κ3) is 5.03. The maximum absolute atomic E-state index is 13.5. The number of anilines is 2. The quantitative estimate of drug-likeness (QED) is 0.341. The van der Waals surface area contributed by atoms with Gasteiger partial charge < -0.3 is 5.32 Å². The zero-order valence-corrected chi connectivity index (χ0v) is 20.2. The molecule has 164 valence electrons. The Labute approximate surface area is 205 Å². The van der Waals surface area contributed by atoms with Crippen molar-refractivity contribution in [2.24, 2.45) is 0 Å². The molecule has 1 N–H and O–H groups in total. The standard InChI is InChI=1S/C26H20BrN3O2S/c1-17-7-5-6-8-18(17)15-23-25(32)30(21-13-11-19(27)12-14-21)26(33-23)22(16-28)24(31)29-20-9-3-2-4-10-20/h2-14,23H,15H2,1H3,(H,29,31)/b26-22-/t23-/m0/s1. The Morgan fingerprint density at radius 2 is 1.73 bits per heavy atom. The second kappa shape index (κ2) is 10.1. The molecule has 1 heterocycles. The molecule has 33 heavy (non-hydrogen) atoms. The molecular formula is C26H20BrN3O2S. The summed E-state index contributed by atoms with van der Waals surface area (Å²) in [5.74, 6) is -0.696. The molecule has 0 unspecified atom stereocenters. The summed E-state index contributed by atoms with van der Waals surface area (Å²) in [6, 6.07) is 26.1. The average molecular weight is 518 g/mol. The zero-order valence-electron chi connectivity index (χ0n) is 17.8. The molecule has 0 aromatic heterocycles. The van der Waals surface area contributed by atoms with Crippen LogP contribution >= 0.6 is 27.7 Å². The summed E-state index contributed by atoms with van der Waals surface area (Å²) in [5, 5.41) is 12.6. The van der Waals surface area contributed by atoms with Crippen molar-refractivity contribution in [1.82, 2.24) is 0 Å². The normalized spacial score (nSPS) is 16.9. The molecule has 1 atom stereocenters. The van der Waals surface area contributed by atoms with Crippen molar-refractivity contribution in [2.45, 2.75) is 18.6 Å². The van der Waals surface area contributed by atoms with Gasteiger partial charge in [-0.05, 0) is 60.9 Å². The smallest absolute Gasteiger partial charge is 0.269 e. The van der Waals surface area contributed by atoms with Crippen LogP contribution in [0.1, 0.15) is 11.1 Å². The van der Waals surface area contributed by atoms with Crippen LogP contribution in [0, 0.1) is 18.3 Å². The van der Waals surface area contributed by atoms with E-state index < -0.39 is 11.2 Å². The van der Waals surface area contributed by atoms with E-state index in [0.29, 0.717) is 22.8 Å². The number of rotatable bonds is 5. The first-order chi connectivity index (χ1) is 16.0. The van der Waals surface area contributed by atoms with E-state index in [-0.39, 0.29) is 11.5 Å². The number of nitriles is 1. The molecule has 1 saturated heterocycles. The summed E-state index contributed by atoms with van der Waals surface area (Å²) >= 11 is 4.68. The van der Waals surface area contributed by atoms with Crippen LogP contribution in [0.5, 0.6) is 0 Å². The van der Waals surface area contributed by atoms with Gasteiger partial charge in [-0.15, -0.1) is 0 Å². The molecule has 0 spiro atoms. The minimum atomic E-state index is -0.544. The predicted octanol–water partition coefficient (Wildman–Crippen LogP) is 5.82. The van der Waals surface area contributed by atoms with E-state index in [0.717, 1.165) is 15.6 Å². The number of hydrogen-bond acceptors (Lipinski definition) is 4. The van der Waals surface area contributed by atoms with Gasteiger partial charge in [0.05, 0.1) is 5.25 Å². The van der Waals surface area contributed by atoms with E-state index in [1.807, 2.05) is 55.5 Å². The highest BCUT2D eigenvalue weighted by Crippen LogP contribution is 2.42. The first kappa shape index (κ1) is 22.8. The summed E-state index contributed by atoms with van der Waals surface area (Å²) in [4.78, 5) is 28.1. The molecule has 5 nitrogen and oxygen atoms in total. The Morgan fingerprint density at radius 3 is 2.39 bits per heavy atom. The molecule has 2 amide bonds. The lowest BCUT2D eigenvalue weighted by Gasteiger charge is -2.19. The number of thioether (sulfide) groups is 1. The zero-order chi connectivity index (χ0) is 23.4. The lowest BCUT2D eigenvalue weighted by atomic mass is 10.0. The van der Waals surface area contributed by atoms with E-state index >= 15 is 0 Å². The minimum Gasteiger partial charge on any atom is -0.321 e. The summed E-state index contributed by atoms with van der Waals surface area (Å²) in [7, 11) is 0. The third-order valence-electron chi connectivity index (χ3n) is 5.29. The molecule has 3 aromatic carbocycles. The van der Waals surface area contributed by atoms with Crippen LogP contribution in [-0.2, 0) is 16.0 Å². The molecule has 0 bridgehead atoms. The number of benzene rings is 3. The highest BCUT2D eigenvalue weighted by atomic mass is 79.9. The van der Waals surface area contributed by atoms with Gasteiger partial charge in [-0.3, -0.25) is 14.5 Å². The van der Waals surface area contributed by atoms with E-state index in [9.17, 15) is 14.9 Å². The van der Waals surface area contributed by atoms with Crippen LogP contribution in [0.2, 0.25) is 0 Å². The van der Waals surface area contributed by atoms with Crippen molar-refractivity contribution in [3.63, 3.8) is 0 Å². The first-order valence-corrected chi connectivity index (χ1v) is 12.0. The lowest BCUT2D eigenvalue weighted by molar-refractivity contribution is -0.117. The van der Waals surface area contributed by atoms with E-state index in [1.165, 1.54) is 16.7 Å². The number of nitrogens with one attached hydrogen (secondary N) is 1. The van der Waals surface area contributed by atoms with Crippen molar-refractivity contribution in [3.05, 3.63) is 105 Å². The Bertz CT molecular complexity index is 1270. The van der Waals surface area contributed by atoms with Gasteiger partial charge in [0, 0.05) is 15.8 Å². The molecule has 1 aliphatic rings. The molecule has 3 aromatic rings. The van der Waals surface area contributed by atoms with Crippen LogP contribution in [-0.4, -0.2) is 17.1 Å². The fourth-order valence-corrected chi connectivity index (χ4v) is 5.13. The van der Waals surface area contributed by atoms with E-state index in [1.54, 1.807) is 36.4 Å². The number of aryl methyl sites for hydroxylation is 1. The van der Waals surface area contributed by atoms with Crippen LogP contribution in [0.25, 0.3) is 0 Å². The van der Waals surface area contributed by atoms with Crippen LogP contribution in [0.4, 0.5) is 11.4 Å². The molecule has 0 saturated carbocycles. The van der Waals surface area contributed by atoms with Gasteiger partial charge in [0.15, 0.2) is 0 Å². The Kier molecular flexibility index (Phi) is 6.97. The summed E-state index contributed by atoms with van der Waals surface area (Å²) in [6.45, 7) is 2.01. The number of carbonyl (C=O) groups excluding carboxylic acids is 2. The molecule has 4 rings (SSSR count). The maximum Gasteiger partial charge on any atom is 0.269 e. The Hall–Kier alpha value is -3.34. The largest absolute Gasteiger partial charge is 0.321 e. The number of halogens is 1. The maximum atomic E-state index is 13.5. The number of para-hydroxylation sites is 1. The summed E-state index contributed by atoms with van der Waals surface area (Å²) < 4.78 is 0.870. The fourth-order valence-electron chi connectivity index (χ4n) is 3.57. The summed E-state index contributed by atoms with van der Waals surface area (Å²) in [6.07, 6.45) is 0.506. The van der Waals surface area contributed by atoms with Gasteiger partial charge in [0.1, 0.15) is 16.7 Å². The van der Waals surface area contributed by atoms with Gasteiger partial charge >= 0.3 is 0 Å². The highest BCUT2D eigenvalue weighted by molar-refractivity contribution is 9.10. The van der Waals surface area contributed by atoms with Gasteiger partial charge in [0.2, 0.25) is 5.91 Å². The summed E-state index contributed by atoms with van der Waals surface area (Å²) in [5.41, 5.74) is 3.26. The molecule has 0 radical (unpaired) electrons. The fraction of sp³-hybridized carbons (Fsp3) is 0.115. The SMILES string of the molecule is Cc1ccccc1C[C@@H]1S/C(=C(/C#N)C(=O)Nc2ccccc2)N(c2ccc(Br)cc2)C1=O. The number of amides is 2. The van der Waals surface area contributed by atoms with Crippen molar-refractivity contribution in [3.8, 4) is 6.07 Å². The Balaban J connectivity index is 1.74. The molecule has 1 fully saturated rings. The van der Waals surface area contributed by atoms with Crippen molar-refractivity contribution in [2.75, 3.05) is 10.2 Å². The molecule has 0 aliphatic carbocycles. The molecule has 1 aliphatic heterocycles. The lowest BCUT2D eigenvalue weighted by Crippen LogP contribution is -2.31. The van der Waals surface area contributed by atoms with Gasteiger partial charge in [-0.2, -0.15) is 5.26 Å². The van der Waals surface area contributed by atoms with Gasteiger partial charge in [-0.1, -0.05) is 70.2 Å². The third-order valence-corrected chi connectivity index (χ3v) is 7.08. The van der Waals surface area contributed by atoms with Crippen molar-refractivity contribution < 1.29 is 9.59 Å². The topological polar surface area (TPSA) is 73.2 Å². The number of carbonyl (C=O) groups is 2. The van der Waals surface area contributed by atoms with Gasteiger partial charge in [-0.25, -0.2) is 0 Å². The van der Waals surface area contributed by atoms with E-state index in [4.69, 9.17) is 0 Å². The number of nitrogens with zero attached hydrogens (tertiary/aromatic N) is 2. The first-order valence-electron chi connectivity index (χ1n) is 10.3. The van der Waals surface area contributed by atoms with E-state index in [2.05, 4.69) is 21.2 Å². The second-order valence-corrected chi connectivity index (χ2v) is 9.61. The predicted molar refractivity (Wildman–Crippen MR) is 136 cm³/mol. The van der Waals surface area contributed by atoms with Gasteiger partial charge in [0.25, 0.3) is 5.91 Å². The van der Waals surface area contributed by atoms with Crippen LogP contribution in [0.3, 0.4) is 0 Å². The van der Waals surface area contributed by atoms with Crippen LogP contribution in [0.15, 0.2) is 93.9 Å². The molecule has 7 heteroatoms. The van der Waals surface area contributed by atoms with Crippen molar-refractivity contribution in [1.29, 1.82) is 5.26 Å². The highest BCUT2D eigenvalue weighted by Gasteiger charge is 2.41. The second-order valence-electron chi connectivity index (χ2n) is 7.50. The average Bonchev–Trinajstić information content (AvgIpc) is 3.12. The van der Waals surface area contributed by atoms with Crippen LogP contribution < -0.4 is 10.2 Å². The van der Waals surface area contributed by atoms with Crippen molar-refractivity contribution >= 4 is 50.9 Å². The Morgan fingerprint density at radius 1 is 1.06 bits per heavy atom. The molecular weight excluding hydrogens is 498 g/mol.